The van der Waals surface area contributed by atoms with Gasteiger partial charge in [0.25, 0.3) is 0 Å². The molecule has 3 aromatic rings. The lowest BCUT2D eigenvalue weighted by atomic mass is 10.0. The fourth-order valence-corrected chi connectivity index (χ4v) is 3.80. The van der Waals surface area contributed by atoms with Crippen molar-refractivity contribution in [2.75, 3.05) is 23.3 Å². The summed E-state index contributed by atoms with van der Waals surface area (Å²) in [5, 5.41) is 7.59. The highest BCUT2D eigenvalue weighted by molar-refractivity contribution is 5.95. The molecule has 4 rings (SSSR count). The van der Waals surface area contributed by atoms with Crippen molar-refractivity contribution in [3.8, 4) is 5.69 Å². The number of rotatable bonds is 4. The van der Waals surface area contributed by atoms with Crippen molar-refractivity contribution in [1.29, 1.82) is 0 Å². The lowest BCUT2D eigenvalue weighted by molar-refractivity contribution is -0.115. The minimum atomic E-state index is -0.232. The highest BCUT2D eigenvalue weighted by Gasteiger charge is 2.21. The SMILES string of the molecule is Cc1nn(-c2ccccc2)c(C)c1NC(=O)CN1CCCc2cc(F)ccc21. The molecule has 2 heterocycles. The summed E-state index contributed by atoms with van der Waals surface area (Å²) in [7, 11) is 0. The molecule has 28 heavy (non-hydrogen) atoms. The topological polar surface area (TPSA) is 50.2 Å². The van der Waals surface area contributed by atoms with Crippen molar-refractivity contribution in [3.63, 3.8) is 0 Å². The molecule has 0 spiro atoms. The zero-order chi connectivity index (χ0) is 19.7. The lowest BCUT2D eigenvalue weighted by Gasteiger charge is -2.30. The number of carbonyl (C=O) groups is 1. The quantitative estimate of drug-likeness (QED) is 0.746. The number of anilines is 2. The van der Waals surface area contributed by atoms with E-state index in [1.807, 2.05) is 53.8 Å². The van der Waals surface area contributed by atoms with E-state index in [0.717, 1.165) is 53.4 Å². The number of fused-ring (bicyclic) bond motifs is 1. The monoisotopic (exact) mass is 378 g/mol. The van der Waals surface area contributed by atoms with E-state index in [0.29, 0.717) is 0 Å². The first-order chi connectivity index (χ1) is 13.5. The predicted octanol–water partition coefficient (Wildman–Crippen LogP) is 4.02. The van der Waals surface area contributed by atoms with Crippen LogP contribution in [0, 0.1) is 19.7 Å². The van der Waals surface area contributed by atoms with E-state index in [1.54, 1.807) is 12.1 Å². The van der Waals surface area contributed by atoms with Gasteiger partial charge in [-0.2, -0.15) is 5.10 Å². The van der Waals surface area contributed by atoms with Gasteiger partial charge in [0.1, 0.15) is 5.82 Å². The van der Waals surface area contributed by atoms with Crippen LogP contribution in [0.3, 0.4) is 0 Å². The molecule has 0 unspecified atom stereocenters. The van der Waals surface area contributed by atoms with Crippen LogP contribution in [0.2, 0.25) is 0 Å². The number of aryl methyl sites for hydroxylation is 2. The van der Waals surface area contributed by atoms with Gasteiger partial charge in [0.05, 0.1) is 29.3 Å². The van der Waals surface area contributed by atoms with Gasteiger partial charge < -0.3 is 10.2 Å². The predicted molar refractivity (Wildman–Crippen MR) is 109 cm³/mol. The minimum Gasteiger partial charge on any atom is -0.362 e. The molecule has 0 radical (unpaired) electrons. The number of hydrogen-bond acceptors (Lipinski definition) is 3. The molecule has 2 aromatic carbocycles. The first-order valence-electron chi connectivity index (χ1n) is 9.48. The summed E-state index contributed by atoms with van der Waals surface area (Å²) in [4.78, 5) is 14.8. The Kier molecular flexibility index (Phi) is 4.86. The first-order valence-corrected chi connectivity index (χ1v) is 9.48. The van der Waals surface area contributed by atoms with Crippen LogP contribution in [-0.2, 0) is 11.2 Å². The van der Waals surface area contributed by atoms with Gasteiger partial charge in [-0.05, 0) is 62.6 Å². The molecular formula is C22H23FN4O. The Morgan fingerprint density at radius 3 is 2.75 bits per heavy atom. The third kappa shape index (κ3) is 3.50. The molecule has 1 N–H and O–H groups in total. The van der Waals surface area contributed by atoms with Crippen LogP contribution in [0.15, 0.2) is 48.5 Å². The molecule has 0 bridgehead atoms. The van der Waals surface area contributed by atoms with E-state index in [9.17, 15) is 9.18 Å². The van der Waals surface area contributed by atoms with Crippen LogP contribution >= 0.6 is 0 Å². The van der Waals surface area contributed by atoms with Gasteiger partial charge in [-0.15, -0.1) is 0 Å². The molecule has 6 heteroatoms. The average molecular weight is 378 g/mol. The standard InChI is InChI=1S/C22H23FN4O/c1-15-22(16(2)27(25-15)19-8-4-3-5-9-19)24-21(28)14-26-12-6-7-17-13-18(23)10-11-20(17)26/h3-5,8-11,13H,6-7,12,14H2,1-2H3,(H,24,28). The van der Waals surface area contributed by atoms with E-state index in [1.165, 1.54) is 6.07 Å². The summed E-state index contributed by atoms with van der Waals surface area (Å²) in [5.41, 5.74) is 5.26. The summed E-state index contributed by atoms with van der Waals surface area (Å²) in [5.74, 6) is -0.333. The summed E-state index contributed by atoms with van der Waals surface area (Å²) < 4.78 is 15.3. The Balaban J connectivity index is 1.52. The molecule has 1 aliphatic heterocycles. The first kappa shape index (κ1) is 18.2. The number of nitrogens with one attached hydrogen (secondary N) is 1. The number of para-hydroxylation sites is 1. The van der Waals surface area contributed by atoms with Crippen molar-refractivity contribution in [1.82, 2.24) is 9.78 Å². The van der Waals surface area contributed by atoms with Crippen LogP contribution < -0.4 is 10.2 Å². The van der Waals surface area contributed by atoms with E-state index in [4.69, 9.17) is 0 Å². The van der Waals surface area contributed by atoms with Crippen LogP contribution in [-0.4, -0.2) is 28.8 Å². The maximum absolute atomic E-state index is 13.5. The number of benzene rings is 2. The van der Waals surface area contributed by atoms with Crippen LogP contribution in [0.4, 0.5) is 15.8 Å². The fourth-order valence-electron chi connectivity index (χ4n) is 3.80. The van der Waals surface area contributed by atoms with Gasteiger partial charge in [-0.3, -0.25) is 4.79 Å². The minimum absolute atomic E-state index is 0.101. The molecule has 1 aromatic heterocycles. The third-order valence-electron chi connectivity index (χ3n) is 5.15. The Hall–Kier alpha value is -3.15. The maximum atomic E-state index is 13.5. The Bertz CT molecular complexity index is 1010. The molecular weight excluding hydrogens is 355 g/mol. The molecule has 144 valence electrons. The second-order valence-corrected chi connectivity index (χ2v) is 7.14. The van der Waals surface area contributed by atoms with Crippen molar-refractivity contribution >= 4 is 17.3 Å². The van der Waals surface area contributed by atoms with Gasteiger partial charge in [-0.1, -0.05) is 18.2 Å². The molecule has 0 saturated heterocycles. The van der Waals surface area contributed by atoms with Gasteiger partial charge in [0.15, 0.2) is 0 Å². The van der Waals surface area contributed by atoms with Gasteiger partial charge >= 0.3 is 0 Å². The second-order valence-electron chi connectivity index (χ2n) is 7.14. The summed E-state index contributed by atoms with van der Waals surface area (Å²) in [6.07, 6.45) is 1.75. The highest BCUT2D eigenvalue weighted by Crippen LogP contribution is 2.28. The van der Waals surface area contributed by atoms with Crippen molar-refractivity contribution < 1.29 is 9.18 Å². The van der Waals surface area contributed by atoms with Gasteiger partial charge in [0, 0.05) is 12.2 Å². The number of amides is 1. The zero-order valence-corrected chi connectivity index (χ0v) is 16.1. The highest BCUT2D eigenvalue weighted by atomic mass is 19.1. The smallest absolute Gasteiger partial charge is 0.243 e. The number of nitrogens with zero attached hydrogens (tertiary/aromatic N) is 3. The van der Waals surface area contributed by atoms with Crippen LogP contribution in [0.5, 0.6) is 0 Å². The molecule has 1 amide bonds. The fraction of sp³-hybridized carbons (Fsp3) is 0.273. The lowest BCUT2D eigenvalue weighted by Crippen LogP contribution is -2.37. The Morgan fingerprint density at radius 2 is 1.96 bits per heavy atom. The van der Waals surface area contributed by atoms with Crippen LogP contribution in [0.25, 0.3) is 5.69 Å². The maximum Gasteiger partial charge on any atom is 0.243 e. The second kappa shape index (κ2) is 7.46. The van der Waals surface area contributed by atoms with Crippen LogP contribution in [0.1, 0.15) is 23.4 Å². The third-order valence-corrected chi connectivity index (χ3v) is 5.15. The molecule has 0 fully saturated rings. The van der Waals surface area contributed by atoms with E-state index < -0.39 is 0 Å². The summed E-state index contributed by atoms with van der Waals surface area (Å²) >= 11 is 0. The molecule has 0 saturated carbocycles. The van der Waals surface area contributed by atoms with E-state index in [2.05, 4.69) is 10.4 Å². The Labute approximate surface area is 163 Å². The van der Waals surface area contributed by atoms with Crippen molar-refractivity contribution in [2.24, 2.45) is 0 Å². The normalized spacial score (nSPS) is 13.3. The van der Waals surface area contributed by atoms with Crippen molar-refractivity contribution in [2.45, 2.75) is 26.7 Å². The number of aromatic nitrogens is 2. The summed E-state index contributed by atoms with van der Waals surface area (Å²) in [6, 6.07) is 14.6. The Morgan fingerprint density at radius 1 is 1.18 bits per heavy atom. The molecule has 1 aliphatic rings. The molecule has 0 aliphatic carbocycles. The number of hydrogen-bond donors (Lipinski definition) is 1. The average Bonchev–Trinajstić information content (AvgIpc) is 2.97. The van der Waals surface area contributed by atoms with E-state index in [-0.39, 0.29) is 18.3 Å². The molecule has 0 atom stereocenters. The number of halogens is 1. The van der Waals surface area contributed by atoms with Crippen molar-refractivity contribution in [3.05, 3.63) is 71.3 Å². The molecule has 5 nitrogen and oxygen atoms in total. The number of carbonyl (C=O) groups excluding carboxylic acids is 1. The van der Waals surface area contributed by atoms with Gasteiger partial charge in [-0.25, -0.2) is 9.07 Å². The van der Waals surface area contributed by atoms with E-state index >= 15 is 0 Å². The van der Waals surface area contributed by atoms with Gasteiger partial charge in [0.2, 0.25) is 5.91 Å². The zero-order valence-electron chi connectivity index (χ0n) is 16.1. The largest absolute Gasteiger partial charge is 0.362 e. The summed E-state index contributed by atoms with van der Waals surface area (Å²) in [6.45, 7) is 4.85.